The largest absolute Gasteiger partial charge is 0.455 e. The molecule has 0 N–H and O–H groups in total. The lowest BCUT2D eigenvalue weighted by Crippen LogP contribution is -2.47. The molecule has 0 radical (unpaired) electrons. The van der Waals surface area contributed by atoms with Crippen LogP contribution in [0.15, 0.2) is 12.2 Å². The van der Waals surface area contributed by atoms with Gasteiger partial charge in [0, 0.05) is 5.92 Å². The Hall–Kier alpha value is -1.00. The van der Waals surface area contributed by atoms with Gasteiger partial charge in [0.25, 0.3) is 0 Å². The van der Waals surface area contributed by atoms with E-state index in [4.69, 9.17) is 4.74 Å². The number of halogens is 3. The summed E-state index contributed by atoms with van der Waals surface area (Å²) in [5.41, 5.74) is -2.06. The van der Waals surface area contributed by atoms with Crippen molar-refractivity contribution in [3.05, 3.63) is 12.2 Å². The lowest BCUT2D eigenvalue weighted by molar-refractivity contribution is -0.178. The minimum Gasteiger partial charge on any atom is -0.455 e. The maximum Gasteiger partial charge on any atom is 0.422 e. The number of carbonyl (C=O) groups excluding carboxylic acids is 1. The number of hydrogen-bond donors (Lipinski definition) is 0. The van der Waals surface area contributed by atoms with E-state index in [1.165, 1.54) is 0 Å². The summed E-state index contributed by atoms with van der Waals surface area (Å²) >= 11 is 0. The number of carbonyl (C=O) groups is 1. The van der Waals surface area contributed by atoms with Gasteiger partial charge in [0.1, 0.15) is 11.2 Å². The van der Waals surface area contributed by atoms with E-state index in [1.54, 1.807) is 0 Å². The van der Waals surface area contributed by atoms with Crippen molar-refractivity contribution in [3.8, 4) is 0 Å². The molecule has 4 bridgehead atoms. The summed E-state index contributed by atoms with van der Waals surface area (Å²) in [4.78, 5) is 11.8. The summed E-state index contributed by atoms with van der Waals surface area (Å²) in [6.07, 6.45) is 0.0408. The van der Waals surface area contributed by atoms with Crippen molar-refractivity contribution >= 4 is 5.97 Å². The molecule has 2 nitrogen and oxygen atoms in total. The van der Waals surface area contributed by atoms with Crippen LogP contribution < -0.4 is 0 Å². The molecule has 0 aliphatic heterocycles. The molecule has 5 unspecified atom stereocenters. The Morgan fingerprint density at radius 3 is 2.55 bits per heavy atom. The molecule has 0 spiro atoms. The van der Waals surface area contributed by atoms with Gasteiger partial charge in [0.15, 0.2) is 0 Å². The van der Waals surface area contributed by atoms with Crippen LogP contribution in [0, 0.1) is 23.7 Å². The minimum atomic E-state index is -4.71. The number of ether oxygens (including phenoxy) is 1. The monoisotopic (exact) mass is 288 g/mol. The van der Waals surface area contributed by atoms with Crippen molar-refractivity contribution < 1.29 is 22.7 Å². The van der Waals surface area contributed by atoms with Crippen LogP contribution >= 0.6 is 0 Å². The third kappa shape index (κ3) is 1.81. The van der Waals surface area contributed by atoms with Crippen LogP contribution in [0.4, 0.5) is 13.2 Å². The van der Waals surface area contributed by atoms with Crippen LogP contribution in [0.5, 0.6) is 0 Å². The van der Waals surface area contributed by atoms with E-state index < -0.39 is 23.3 Å². The Morgan fingerprint density at radius 2 is 2.00 bits per heavy atom. The Bertz CT molecular complexity index is 453. The van der Waals surface area contributed by atoms with Gasteiger partial charge in [0.05, 0.1) is 0 Å². The molecule has 4 saturated carbocycles. The highest BCUT2D eigenvalue weighted by Gasteiger charge is 2.64. The van der Waals surface area contributed by atoms with E-state index in [0.29, 0.717) is 18.3 Å². The molecule has 0 amide bonds. The van der Waals surface area contributed by atoms with Gasteiger partial charge < -0.3 is 4.74 Å². The van der Waals surface area contributed by atoms with E-state index in [2.05, 4.69) is 6.58 Å². The predicted molar refractivity (Wildman–Crippen MR) is 66.7 cm³/mol. The predicted octanol–water partition coefficient (Wildman–Crippen LogP) is 3.86. The summed E-state index contributed by atoms with van der Waals surface area (Å²) in [6.45, 7) is 4.77. The molecule has 112 valence electrons. The molecule has 0 aromatic rings. The maximum absolute atomic E-state index is 12.6. The summed E-state index contributed by atoms with van der Waals surface area (Å²) < 4.78 is 43.2. The number of esters is 1. The van der Waals surface area contributed by atoms with Crippen LogP contribution in [0.1, 0.15) is 39.0 Å². The molecule has 20 heavy (non-hydrogen) atoms. The first-order valence-electron chi connectivity index (χ1n) is 7.27. The smallest absolute Gasteiger partial charge is 0.422 e. The zero-order valence-electron chi connectivity index (χ0n) is 11.5. The van der Waals surface area contributed by atoms with Crippen LogP contribution in [-0.4, -0.2) is 17.7 Å². The van der Waals surface area contributed by atoms with Gasteiger partial charge in [-0.25, -0.2) is 4.79 Å². The van der Waals surface area contributed by atoms with E-state index >= 15 is 0 Å². The lowest BCUT2D eigenvalue weighted by Gasteiger charge is -2.43. The van der Waals surface area contributed by atoms with E-state index in [9.17, 15) is 18.0 Å². The van der Waals surface area contributed by atoms with Gasteiger partial charge >= 0.3 is 12.1 Å². The van der Waals surface area contributed by atoms with Gasteiger partial charge in [-0.05, 0) is 49.9 Å². The highest BCUT2D eigenvalue weighted by Crippen LogP contribution is 2.65. The third-order valence-corrected chi connectivity index (χ3v) is 5.74. The van der Waals surface area contributed by atoms with Crippen LogP contribution in [0.3, 0.4) is 0 Å². The van der Waals surface area contributed by atoms with Crippen LogP contribution in [0.2, 0.25) is 0 Å². The standard InChI is InChI=1S/C15H19F3O2/c1-3-14(20-13(19)8(2)15(16,17)18)11-5-9-4-10(7-11)12(14)6-9/h9-12H,2-7H2,1H3. The number of rotatable bonds is 3. The first-order chi connectivity index (χ1) is 9.28. The summed E-state index contributed by atoms with van der Waals surface area (Å²) in [5, 5.41) is 0. The molecular weight excluding hydrogens is 269 g/mol. The first-order valence-corrected chi connectivity index (χ1v) is 7.27. The molecule has 4 aliphatic rings. The molecular formula is C15H19F3O2. The number of hydrogen-bond acceptors (Lipinski definition) is 2. The van der Waals surface area contributed by atoms with Crippen LogP contribution in [-0.2, 0) is 9.53 Å². The van der Waals surface area contributed by atoms with Crippen molar-refractivity contribution in [2.75, 3.05) is 0 Å². The molecule has 0 saturated heterocycles. The minimum absolute atomic E-state index is 0.236. The summed E-state index contributed by atoms with van der Waals surface area (Å²) in [5.74, 6) is 0.426. The second-order valence-corrected chi connectivity index (χ2v) is 6.55. The topological polar surface area (TPSA) is 26.3 Å². The SMILES string of the molecule is C=C(C(=O)OC1(CC)C2CC3CC(C2)C1C3)C(F)(F)F. The van der Waals surface area contributed by atoms with Crippen molar-refractivity contribution in [3.63, 3.8) is 0 Å². The van der Waals surface area contributed by atoms with E-state index in [0.717, 1.165) is 25.7 Å². The van der Waals surface area contributed by atoms with Gasteiger partial charge in [-0.2, -0.15) is 13.2 Å². The molecule has 5 heteroatoms. The quantitative estimate of drug-likeness (QED) is 0.582. The van der Waals surface area contributed by atoms with Gasteiger partial charge in [0.2, 0.25) is 0 Å². The fraction of sp³-hybridized carbons (Fsp3) is 0.800. The average Bonchev–Trinajstić information content (AvgIpc) is 2.77. The number of alkyl halides is 3. The third-order valence-electron chi connectivity index (χ3n) is 5.74. The Labute approximate surface area is 116 Å². The van der Waals surface area contributed by atoms with Gasteiger partial charge in [-0.1, -0.05) is 13.5 Å². The lowest BCUT2D eigenvalue weighted by atomic mass is 9.71. The molecule has 0 heterocycles. The van der Waals surface area contributed by atoms with Crippen LogP contribution in [0.25, 0.3) is 0 Å². The zero-order chi connectivity index (χ0) is 14.7. The molecule has 5 atom stereocenters. The van der Waals surface area contributed by atoms with Crippen molar-refractivity contribution in [1.29, 1.82) is 0 Å². The van der Waals surface area contributed by atoms with Gasteiger partial charge in [-0.3, -0.25) is 0 Å². The second kappa shape index (κ2) is 4.25. The van der Waals surface area contributed by atoms with Crippen molar-refractivity contribution in [2.24, 2.45) is 23.7 Å². The normalized spacial score (nSPS) is 42.0. The van der Waals surface area contributed by atoms with Crippen molar-refractivity contribution in [1.82, 2.24) is 0 Å². The molecule has 4 fully saturated rings. The summed E-state index contributed by atoms with van der Waals surface area (Å²) in [7, 11) is 0. The molecule has 4 rings (SSSR count). The molecule has 0 aromatic carbocycles. The highest BCUT2D eigenvalue weighted by molar-refractivity contribution is 5.89. The fourth-order valence-corrected chi connectivity index (χ4v) is 4.99. The summed E-state index contributed by atoms with van der Waals surface area (Å²) in [6, 6.07) is 0. The van der Waals surface area contributed by atoms with E-state index in [1.807, 2.05) is 6.92 Å². The molecule has 4 aliphatic carbocycles. The zero-order valence-corrected chi connectivity index (χ0v) is 11.5. The van der Waals surface area contributed by atoms with E-state index in [-0.39, 0.29) is 11.8 Å². The Balaban J connectivity index is 1.82. The fourth-order valence-electron chi connectivity index (χ4n) is 4.99. The average molecular weight is 288 g/mol. The first kappa shape index (κ1) is 14.0. The highest BCUT2D eigenvalue weighted by atomic mass is 19.4. The van der Waals surface area contributed by atoms with Gasteiger partial charge in [-0.15, -0.1) is 0 Å². The maximum atomic E-state index is 12.6. The Kier molecular flexibility index (Phi) is 2.96. The Morgan fingerprint density at radius 1 is 1.30 bits per heavy atom. The van der Waals surface area contributed by atoms with Crippen molar-refractivity contribution in [2.45, 2.75) is 50.8 Å². The second-order valence-electron chi connectivity index (χ2n) is 6.55. The molecule has 0 aromatic heterocycles.